The number of carbonyl (C=O) groups excluding carboxylic acids is 2. The van der Waals surface area contributed by atoms with E-state index in [0.717, 1.165) is 34.6 Å². The van der Waals surface area contributed by atoms with Crippen LogP contribution < -0.4 is 10.6 Å². The second-order valence-corrected chi connectivity index (χ2v) is 8.33. The maximum absolute atomic E-state index is 13.5. The van der Waals surface area contributed by atoms with Gasteiger partial charge in [-0.25, -0.2) is 17.2 Å². The van der Waals surface area contributed by atoms with E-state index >= 15 is 0 Å². The highest BCUT2D eigenvalue weighted by Gasteiger charge is 2.22. The number of likely N-dealkylation sites (N-methyl/N-ethyl adjacent to an activating group) is 1. The quantitative estimate of drug-likeness (QED) is 0.626. The highest BCUT2D eigenvalue weighted by molar-refractivity contribution is 7.89. The van der Waals surface area contributed by atoms with Crippen LogP contribution in [0.5, 0.6) is 0 Å². The van der Waals surface area contributed by atoms with Gasteiger partial charge in [0, 0.05) is 25.7 Å². The van der Waals surface area contributed by atoms with Crippen LogP contribution in [-0.2, 0) is 14.8 Å². The zero-order valence-electron chi connectivity index (χ0n) is 15.9. The van der Waals surface area contributed by atoms with Gasteiger partial charge in [0.1, 0.15) is 11.6 Å². The van der Waals surface area contributed by atoms with Gasteiger partial charge in [-0.3, -0.25) is 9.59 Å². The third-order valence-electron chi connectivity index (χ3n) is 4.05. The number of rotatable bonds is 8. The number of nitrogens with zero attached hydrogens (tertiary/aromatic N) is 1. The van der Waals surface area contributed by atoms with Crippen molar-refractivity contribution in [1.82, 2.24) is 14.9 Å². The Labute approximate surface area is 167 Å². The Morgan fingerprint density at radius 1 is 1.00 bits per heavy atom. The van der Waals surface area contributed by atoms with Crippen molar-refractivity contribution in [1.29, 1.82) is 0 Å². The summed E-state index contributed by atoms with van der Waals surface area (Å²) in [5.41, 5.74) is 0.582. The summed E-state index contributed by atoms with van der Waals surface area (Å²) in [6.45, 7) is 1.27. The lowest BCUT2D eigenvalue weighted by molar-refractivity contribution is -0.121. The average molecular weight is 425 g/mol. The van der Waals surface area contributed by atoms with Crippen LogP contribution >= 0.6 is 0 Å². The molecule has 0 radical (unpaired) electrons. The molecular weight excluding hydrogens is 404 g/mol. The van der Waals surface area contributed by atoms with Crippen LogP contribution in [0.15, 0.2) is 47.4 Å². The van der Waals surface area contributed by atoms with E-state index in [1.54, 1.807) is 6.92 Å². The Morgan fingerprint density at radius 3 is 2.24 bits per heavy atom. The van der Waals surface area contributed by atoms with Crippen molar-refractivity contribution in [3.63, 3.8) is 0 Å². The van der Waals surface area contributed by atoms with Gasteiger partial charge in [0.25, 0.3) is 5.91 Å². The molecule has 0 fully saturated rings. The first-order chi connectivity index (χ1) is 13.6. The SMILES string of the molecule is Cc1ccc(C(=O)NCCNC(=O)CN(C)S(=O)(=O)c2ccc(F)cc2)cc1F. The maximum atomic E-state index is 13.5. The second-order valence-electron chi connectivity index (χ2n) is 6.28. The molecule has 0 saturated carbocycles. The van der Waals surface area contributed by atoms with Gasteiger partial charge in [0.05, 0.1) is 11.4 Å². The number of hydrogen-bond donors (Lipinski definition) is 2. The molecule has 10 heteroatoms. The number of sulfonamides is 1. The van der Waals surface area contributed by atoms with Crippen molar-refractivity contribution in [3.8, 4) is 0 Å². The zero-order valence-corrected chi connectivity index (χ0v) is 16.7. The number of halogens is 2. The monoisotopic (exact) mass is 425 g/mol. The first-order valence-corrected chi connectivity index (χ1v) is 10.1. The summed E-state index contributed by atoms with van der Waals surface area (Å²) >= 11 is 0. The molecule has 0 aliphatic rings. The molecule has 29 heavy (non-hydrogen) atoms. The number of nitrogens with one attached hydrogen (secondary N) is 2. The summed E-state index contributed by atoms with van der Waals surface area (Å²) in [4.78, 5) is 23.7. The lowest BCUT2D eigenvalue weighted by atomic mass is 10.1. The number of amides is 2. The third-order valence-corrected chi connectivity index (χ3v) is 5.87. The number of benzene rings is 2. The highest BCUT2D eigenvalue weighted by Crippen LogP contribution is 2.14. The largest absolute Gasteiger partial charge is 0.353 e. The van der Waals surface area contributed by atoms with E-state index in [-0.39, 0.29) is 23.5 Å². The number of hydrogen-bond acceptors (Lipinski definition) is 4. The van der Waals surface area contributed by atoms with Gasteiger partial charge in [-0.05, 0) is 48.9 Å². The summed E-state index contributed by atoms with van der Waals surface area (Å²) in [6.07, 6.45) is 0. The summed E-state index contributed by atoms with van der Waals surface area (Å²) < 4.78 is 51.9. The maximum Gasteiger partial charge on any atom is 0.251 e. The zero-order chi connectivity index (χ0) is 21.6. The van der Waals surface area contributed by atoms with E-state index in [1.807, 2.05) is 0 Å². The topological polar surface area (TPSA) is 95.6 Å². The molecule has 2 N–H and O–H groups in total. The molecule has 0 bridgehead atoms. The predicted octanol–water partition coefficient (Wildman–Crippen LogP) is 1.44. The molecule has 0 spiro atoms. The molecule has 0 atom stereocenters. The van der Waals surface area contributed by atoms with E-state index in [9.17, 15) is 26.8 Å². The Hall–Kier alpha value is -2.85. The van der Waals surface area contributed by atoms with Crippen LogP contribution in [-0.4, -0.2) is 51.2 Å². The summed E-state index contributed by atoms with van der Waals surface area (Å²) in [7, 11) is -2.71. The van der Waals surface area contributed by atoms with Crippen molar-refractivity contribution < 1.29 is 26.8 Å². The molecule has 0 saturated heterocycles. The van der Waals surface area contributed by atoms with Crippen LogP contribution in [0.2, 0.25) is 0 Å². The molecule has 0 heterocycles. The third kappa shape index (κ3) is 6.06. The minimum absolute atomic E-state index is 0.0589. The highest BCUT2D eigenvalue weighted by atomic mass is 32.2. The normalized spacial score (nSPS) is 11.3. The van der Waals surface area contributed by atoms with E-state index in [4.69, 9.17) is 0 Å². The molecule has 0 aliphatic heterocycles. The van der Waals surface area contributed by atoms with Crippen LogP contribution in [0.1, 0.15) is 15.9 Å². The smallest absolute Gasteiger partial charge is 0.251 e. The minimum atomic E-state index is -3.94. The Kier molecular flexibility index (Phi) is 7.40. The molecule has 0 aromatic heterocycles. The Bertz CT molecular complexity index is 995. The van der Waals surface area contributed by atoms with E-state index in [2.05, 4.69) is 10.6 Å². The molecule has 2 rings (SSSR count). The fourth-order valence-corrected chi connectivity index (χ4v) is 3.47. The molecule has 7 nitrogen and oxygen atoms in total. The molecular formula is C19H21F2N3O4S. The summed E-state index contributed by atoms with van der Waals surface area (Å²) in [6, 6.07) is 8.36. The first kappa shape index (κ1) is 22.4. The van der Waals surface area contributed by atoms with Gasteiger partial charge in [-0.1, -0.05) is 6.07 Å². The van der Waals surface area contributed by atoms with Gasteiger partial charge in [0.2, 0.25) is 15.9 Å². The van der Waals surface area contributed by atoms with Crippen molar-refractivity contribution >= 4 is 21.8 Å². The van der Waals surface area contributed by atoms with Gasteiger partial charge in [-0.15, -0.1) is 0 Å². The molecule has 0 aliphatic carbocycles. The van der Waals surface area contributed by atoms with Gasteiger partial charge < -0.3 is 10.6 Å². The Balaban J connectivity index is 1.79. The lowest BCUT2D eigenvalue weighted by Crippen LogP contribution is -2.41. The van der Waals surface area contributed by atoms with E-state index in [1.165, 1.54) is 19.2 Å². The van der Waals surface area contributed by atoms with Crippen molar-refractivity contribution in [2.45, 2.75) is 11.8 Å². The Morgan fingerprint density at radius 2 is 1.62 bits per heavy atom. The summed E-state index contributed by atoms with van der Waals surface area (Å²) in [5, 5.41) is 5.01. The van der Waals surface area contributed by atoms with Gasteiger partial charge in [0.15, 0.2) is 0 Å². The van der Waals surface area contributed by atoms with Crippen LogP contribution in [0.4, 0.5) is 8.78 Å². The van der Waals surface area contributed by atoms with E-state index < -0.39 is 40.0 Å². The number of carbonyl (C=O) groups is 2. The average Bonchev–Trinajstić information content (AvgIpc) is 2.67. The fraction of sp³-hybridized carbons (Fsp3) is 0.263. The lowest BCUT2D eigenvalue weighted by Gasteiger charge is -2.17. The van der Waals surface area contributed by atoms with E-state index in [0.29, 0.717) is 5.56 Å². The molecule has 2 amide bonds. The fourth-order valence-electron chi connectivity index (χ4n) is 2.34. The first-order valence-electron chi connectivity index (χ1n) is 8.64. The van der Waals surface area contributed by atoms with Crippen molar-refractivity contribution in [2.24, 2.45) is 0 Å². The van der Waals surface area contributed by atoms with Gasteiger partial charge >= 0.3 is 0 Å². The van der Waals surface area contributed by atoms with Gasteiger partial charge in [-0.2, -0.15) is 4.31 Å². The van der Waals surface area contributed by atoms with Crippen LogP contribution in [0, 0.1) is 18.6 Å². The molecule has 0 unspecified atom stereocenters. The summed E-state index contributed by atoms with van der Waals surface area (Å²) in [5.74, 6) is -2.13. The molecule has 2 aromatic rings. The standard InChI is InChI=1S/C19H21F2N3O4S/c1-13-3-4-14(11-17(13)21)19(26)23-10-9-22-18(25)12-24(2)29(27,28)16-7-5-15(20)6-8-16/h3-8,11H,9-10,12H2,1-2H3,(H,22,25)(H,23,26). The number of aryl methyl sites for hydroxylation is 1. The minimum Gasteiger partial charge on any atom is -0.353 e. The van der Waals surface area contributed by atoms with Crippen LogP contribution in [0.3, 0.4) is 0 Å². The van der Waals surface area contributed by atoms with Crippen molar-refractivity contribution in [3.05, 3.63) is 65.2 Å². The van der Waals surface area contributed by atoms with Crippen LogP contribution in [0.25, 0.3) is 0 Å². The predicted molar refractivity (Wildman–Crippen MR) is 103 cm³/mol. The van der Waals surface area contributed by atoms with Crippen molar-refractivity contribution in [2.75, 3.05) is 26.7 Å². The molecule has 156 valence electrons. The second kappa shape index (κ2) is 9.57. The molecule has 2 aromatic carbocycles.